The van der Waals surface area contributed by atoms with E-state index < -0.39 is 18.1 Å². The summed E-state index contributed by atoms with van der Waals surface area (Å²) in [6.45, 7) is 3.92. The fourth-order valence-electron chi connectivity index (χ4n) is 4.60. The molecule has 0 bridgehead atoms. The molecule has 0 spiro atoms. The van der Waals surface area contributed by atoms with E-state index in [-0.39, 0.29) is 11.8 Å². The van der Waals surface area contributed by atoms with Gasteiger partial charge in [0.15, 0.2) is 6.10 Å². The van der Waals surface area contributed by atoms with Crippen molar-refractivity contribution in [2.75, 3.05) is 17.1 Å². The first-order valence-electron chi connectivity index (χ1n) is 10.6. The third-order valence-corrected chi connectivity index (χ3v) is 6.19. The Morgan fingerprint density at radius 1 is 0.875 bits per heavy atom. The highest BCUT2D eigenvalue weighted by Gasteiger charge is 2.60. The highest BCUT2D eigenvalue weighted by atomic mass is 16.7. The number of ether oxygens (including phenoxy) is 1. The number of nitrogens with zero attached hydrogens (tertiary/aromatic N) is 2. The van der Waals surface area contributed by atoms with E-state index in [1.54, 1.807) is 18.2 Å². The minimum atomic E-state index is -0.880. The van der Waals surface area contributed by atoms with Crippen LogP contribution in [0, 0.1) is 19.8 Å². The van der Waals surface area contributed by atoms with Gasteiger partial charge in [0, 0.05) is 0 Å². The molecule has 2 heterocycles. The van der Waals surface area contributed by atoms with Crippen LogP contribution in [-0.2, 0) is 14.4 Å². The summed E-state index contributed by atoms with van der Waals surface area (Å²) >= 11 is 0. The predicted octanol–water partition coefficient (Wildman–Crippen LogP) is 4.36. The van der Waals surface area contributed by atoms with Gasteiger partial charge in [-0.3, -0.25) is 14.4 Å². The second-order valence-electron chi connectivity index (χ2n) is 8.23. The Morgan fingerprint density at radius 2 is 1.62 bits per heavy atom. The molecule has 0 radical (unpaired) electrons. The highest BCUT2D eigenvalue weighted by Crippen LogP contribution is 2.48. The Hall–Kier alpha value is -3.64. The fourth-order valence-corrected chi connectivity index (χ4v) is 4.60. The van der Waals surface area contributed by atoms with E-state index in [1.165, 1.54) is 4.90 Å². The number of methoxy groups -OCH3 is 1. The molecule has 3 atom stereocenters. The zero-order valence-electron chi connectivity index (χ0n) is 18.2. The van der Waals surface area contributed by atoms with E-state index in [0.717, 1.165) is 28.1 Å². The Labute approximate surface area is 186 Å². The number of hydrogen-bond acceptors (Lipinski definition) is 5. The lowest BCUT2D eigenvalue weighted by atomic mass is 9.90. The number of hydrogen-bond donors (Lipinski definition) is 0. The number of hydroxylamine groups is 1. The summed E-state index contributed by atoms with van der Waals surface area (Å²) in [6.07, 6.45) is -0.880. The van der Waals surface area contributed by atoms with Crippen molar-refractivity contribution in [2.24, 2.45) is 5.92 Å². The Bertz CT molecular complexity index is 1190. The zero-order valence-corrected chi connectivity index (χ0v) is 18.2. The first kappa shape index (κ1) is 20.3. The zero-order chi connectivity index (χ0) is 22.4. The van der Waals surface area contributed by atoms with Gasteiger partial charge < -0.3 is 4.74 Å². The maximum atomic E-state index is 13.7. The summed E-state index contributed by atoms with van der Waals surface area (Å²) in [5.41, 5.74) is 4.28. The fraction of sp³-hybridized carbons (Fsp3) is 0.231. The predicted molar refractivity (Wildman–Crippen MR) is 121 cm³/mol. The molecule has 0 aliphatic carbocycles. The first-order chi connectivity index (χ1) is 15.5. The smallest absolute Gasteiger partial charge is 0.266 e. The number of aryl methyl sites for hydroxylation is 2. The van der Waals surface area contributed by atoms with Gasteiger partial charge in [0.05, 0.1) is 24.5 Å². The first-order valence-corrected chi connectivity index (χ1v) is 10.6. The van der Waals surface area contributed by atoms with Gasteiger partial charge in [-0.2, -0.15) is 0 Å². The molecule has 2 aliphatic rings. The van der Waals surface area contributed by atoms with E-state index in [1.807, 2.05) is 80.6 Å². The van der Waals surface area contributed by atoms with Crippen LogP contribution in [0.2, 0.25) is 0 Å². The van der Waals surface area contributed by atoms with Crippen LogP contribution in [0.15, 0.2) is 72.8 Å². The van der Waals surface area contributed by atoms with Gasteiger partial charge in [-0.05, 0) is 60.9 Å². The lowest BCUT2D eigenvalue weighted by molar-refractivity contribution is -0.126. The van der Waals surface area contributed by atoms with Crippen molar-refractivity contribution in [3.63, 3.8) is 0 Å². The number of benzene rings is 3. The molecule has 3 aromatic rings. The number of amides is 2. The minimum Gasteiger partial charge on any atom is -0.497 e. The topological polar surface area (TPSA) is 59.1 Å². The van der Waals surface area contributed by atoms with E-state index in [0.29, 0.717) is 5.69 Å². The molecule has 0 unspecified atom stereocenters. The molecule has 6 nitrogen and oxygen atoms in total. The van der Waals surface area contributed by atoms with E-state index in [4.69, 9.17) is 9.57 Å². The van der Waals surface area contributed by atoms with Crippen LogP contribution in [0.1, 0.15) is 22.7 Å². The summed E-state index contributed by atoms with van der Waals surface area (Å²) in [6, 6.07) is 22.3. The van der Waals surface area contributed by atoms with Crippen molar-refractivity contribution in [3.05, 3.63) is 89.5 Å². The van der Waals surface area contributed by atoms with E-state index >= 15 is 0 Å². The van der Waals surface area contributed by atoms with Gasteiger partial charge in [0.1, 0.15) is 11.7 Å². The normalized spacial score (nSPS) is 22.4. The number of imide groups is 1. The van der Waals surface area contributed by atoms with Crippen LogP contribution >= 0.6 is 0 Å². The number of carbonyl (C=O) groups is 2. The average molecular weight is 428 g/mol. The molecule has 3 aromatic carbocycles. The molecule has 32 heavy (non-hydrogen) atoms. The Morgan fingerprint density at radius 3 is 2.31 bits per heavy atom. The van der Waals surface area contributed by atoms with Crippen molar-refractivity contribution < 1.29 is 19.2 Å². The number of rotatable bonds is 4. The van der Waals surface area contributed by atoms with Gasteiger partial charge in [0.25, 0.3) is 5.91 Å². The molecule has 2 amide bonds. The molecule has 2 fully saturated rings. The molecule has 2 saturated heterocycles. The van der Waals surface area contributed by atoms with Crippen LogP contribution in [-0.4, -0.2) is 25.0 Å². The minimum absolute atomic E-state index is 0.248. The van der Waals surface area contributed by atoms with E-state index in [2.05, 4.69) is 0 Å². The van der Waals surface area contributed by atoms with Gasteiger partial charge >= 0.3 is 0 Å². The quantitative estimate of drug-likeness (QED) is 0.578. The lowest BCUT2D eigenvalue weighted by Crippen LogP contribution is -2.37. The third-order valence-electron chi connectivity index (χ3n) is 6.19. The second kappa shape index (κ2) is 7.80. The SMILES string of the molecule is COc1ccc([C@H]2[C@@H]3C(=O)N(c4cccc(C)c4)C(=O)[C@H]3ON2c2ccccc2C)cc1. The number of para-hydroxylation sites is 1. The maximum absolute atomic E-state index is 13.7. The number of carbonyl (C=O) groups excluding carboxylic acids is 2. The largest absolute Gasteiger partial charge is 0.497 e. The summed E-state index contributed by atoms with van der Waals surface area (Å²) in [5.74, 6) is -0.513. The van der Waals surface area contributed by atoms with Gasteiger partial charge in [-0.1, -0.05) is 42.5 Å². The summed E-state index contributed by atoms with van der Waals surface area (Å²) in [7, 11) is 1.61. The van der Waals surface area contributed by atoms with Crippen LogP contribution in [0.3, 0.4) is 0 Å². The van der Waals surface area contributed by atoms with Crippen molar-refractivity contribution in [3.8, 4) is 5.75 Å². The van der Waals surface area contributed by atoms with Crippen LogP contribution in [0.25, 0.3) is 0 Å². The molecule has 162 valence electrons. The summed E-state index contributed by atoms with van der Waals surface area (Å²) in [4.78, 5) is 34.5. The third kappa shape index (κ3) is 3.15. The van der Waals surface area contributed by atoms with Gasteiger partial charge in [0.2, 0.25) is 5.91 Å². The second-order valence-corrected chi connectivity index (χ2v) is 8.23. The van der Waals surface area contributed by atoms with Crippen LogP contribution in [0.5, 0.6) is 5.75 Å². The molecule has 0 saturated carbocycles. The summed E-state index contributed by atoms with van der Waals surface area (Å²) < 4.78 is 5.30. The summed E-state index contributed by atoms with van der Waals surface area (Å²) in [5, 5.41) is 1.73. The molecule has 2 aliphatic heterocycles. The van der Waals surface area contributed by atoms with Crippen molar-refractivity contribution >= 4 is 23.2 Å². The molecular formula is C26H24N2O4. The Kier molecular flexibility index (Phi) is 4.94. The molecule has 0 N–H and O–H groups in total. The molecule has 5 rings (SSSR count). The lowest BCUT2D eigenvalue weighted by Gasteiger charge is -2.30. The molecular weight excluding hydrogens is 404 g/mol. The Balaban J connectivity index is 1.60. The number of anilines is 2. The van der Waals surface area contributed by atoms with Crippen molar-refractivity contribution in [1.29, 1.82) is 0 Å². The van der Waals surface area contributed by atoms with E-state index in [9.17, 15) is 9.59 Å². The van der Waals surface area contributed by atoms with Crippen LogP contribution < -0.4 is 14.7 Å². The van der Waals surface area contributed by atoms with Crippen molar-refractivity contribution in [1.82, 2.24) is 0 Å². The standard InChI is InChI=1S/C26H24N2O4/c1-16-7-6-9-19(15-16)27-25(29)22-23(18-11-13-20(31-3)14-12-18)28(32-24(22)26(27)30)21-10-5-4-8-17(21)2/h4-15,22-24H,1-3H3/t22-,23-,24-/m0/s1. The van der Waals surface area contributed by atoms with Crippen molar-refractivity contribution in [2.45, 2.75) is 26.0 Å². The highest BCUT2D eigenvalue weighted by molar-refractivity contribution is 6.24. The maximum Gasteiger partial charge on any atom is 0.266 e. The molecule has 6 heteroatoms. The number of fused-ring (bicyclic) bond motifs is 1. The molecule has 0 aromatic heterocycles. The van der Waals surface area contributed by atoms with Crippen LogP contribution in [0.4, 0.5) is 11.4 Å². The van der Waals surface area contributed by atoms with Gasteiger partial charge in [-0.25, -0.2) is 9.96 Å². The monoisotopic (exact) mass is 428 g/mol. The van der Waals surface area contributed by atoms with Gasteiger partial charge in [-0.15, -0.1) is 0 Å². The average Bonchev–Trinajstić information content (AvgIpc) is 3.30.